The molecule has 12 nitrogen and oxygen atoms in total. The number of aliphatic carboxylic acids is 4. The van der Waals surface area contributed by atoms with E-state index in [1.807, 2.05) is 20.8 Å². The van der Waals surface area contributed by atoms with Crippen LogP contribution in [0.25, 0.3) is 0 Å². The van der Waals surface area contributed by atoms with Gasteiger partial charge in [0.15, 0.2) is 0 Å². The van der Waals surface area contributed by atoms with E-state index in [9.17, 15) is 24.0 Å². The second-order valence-corrected chi connectivity index (χ2v) is 29.9. The van der Waals surface area contributed by atoms with Crippen molar-refractivity contribution in [2.24, 2.45) is 17.6 Å². The topological polar surface area (TPSA) is 205 Å². The summed E-state index contributed by atoms with van der Waals surface area (Å²) in [7, 11) is 0. The maximum absolute atomic E-state index is 12.9. The lowest BCUT2D eigenvalue weighted by Gasteiger charge is -2.32. The Kier molecular flexibility index (Phi) is 66.2. The summed E-state index contributed by atoms with van der Waals surface area (Å²) >= 11 is 0. The Morgan fingerprint density at radius 2 is 0.457 bits per heavy atom. The minimum atomic E-state index is -0.674. The number of carbonyl (C=O) groups excluding carboxylic acids is 1. The maximum atomic E-state index is 12.9. The monoisotopic (exact) mass is 1300 g/mol. The van der Waals surface area contributed by atoms with Gasteiger partial charge in [0.1, 0.15) is 11.6 Å². The van der Waals surface area contributed by atoms with Gasteiger partial charge in [0.05, 0.1) is 0 Å². The minimum Gasteiger partial charge on any atom is -0.481 e. The molecule has 0 bridgehead atoms. The van der Waals surface area contributed by atoms with Gasteiger partial charge in [-0.2, -0.15) is 0 Å². The Hall–Kier alpha value is -2.73. The first-order valence-electron chi connectivity index (χ1n) is 40.2. The molecule has 0 radical (unpaired) electrons. The predicted octanol–water partition coefficient (Wildman–Crippen LogP) is 23.9. The summed E-state index contributed by atoms with van der Waals surface area (Å²) < 4.78 is 5.69. The van der Waals surface area contributed by atoms with Crippen LogP contribution in [-0.4, -0.2) is 86.4 Å². The Morgan fingerprint density at radius 1 is 0.283 bits per heavy atom. The molecule has 0 spiro atoms. The third-order valence-corrected chi connectivity index (χ3v) is 19.5. The fourth-order valence-electron chi connectivity index (χ4n) is 13.8. The van der Waals surface area contributed by atoms with Gasteiger partial charge >= 0.3 is 29.8 Å². The van der Waals surface area contributed by atoms with Gasteiger partial charge in [0.25, 0.3) is 0 Å². The average molecular weight is 1300 g/mol. The zero-order valence-corrected chi connectivity index (χ0v) is 61.1. The van der Waals surface area contributed by atoms with E-state index in [1.165, 1.54) is 321 Å². The van der Waals surface area contributed by atoms with Crippen LogP contribution in [0.3, 0.4) is 0 Å². The Labute approximate surface area is 568 Å². The summed E-state index contributed by atoms with van der Waals surface area (Å²) in [5.41, 5.74) is 5.93. The van der Waals surface area contributed by atoms with Crippen molar-refractivity contribution in [2.75, 3.05) is 19.6 Å². The summed E-state index contributed by atoms with van der Waals surface area (Å²) in [4.78, 5) is 59.1. The van der Waals surface area contributed by atoms with Gasteiger partial charge in [0, 0.05) is 38.8 Å². The van der Waals surface area contributed by atoms with Gasteiger partial charge in [0.2, 0.25) is 0 Å². The second kappa shape index (κ2) is 68.2. The van der Waals surface area contributed by atoms with Crippen LogP contribution in [0.4, 0.5) is 0 Å². The van der Waals surface area contributed by atoms with Gasteiger partial charge in [-0.3, -0.25) is 24.0 Å². The van der Waals surface area contributed by atoms with E-state index < -0.39 is 35.5 Å². The van der Waals surface area contributed by atoms with Crippen LogP contribution in [0, 0.1) is 11.8 Å². The lowest BCUT2D eigenvalue weighted by atomic mass is 9.91. The van der Waals surface area contributed by atoms with Crippen LogP contribution in [0.15, 0.2) is 0 Å². The summed E-state index contributed by atoms with van der Waals surface area (Å²) in [6.07, 6.45) is 76.8. The smallest absolute Gasteiger partial charge is 0.323 e. The number of esters is 1. The van der Waals surface area contributed by atoms with Gasteiger partial charge in [-0.25, -0.2) is 0 Å². The molecule has 0 aliphatic carbocycles. The summed E-state index contributed by atoms with van der Waals surface area (Å²) in [5.74, 6) is -1.56. The molecule has 3 unspecified atom stereocenters. The third kappa shape index (κ3) is 71.6. The van der Waals surface area contributed by atoms with E-state index in [4.69, 9.17) is 30.9 Å². The Morgan fingerprint density at radius 3 is 0.641 bits per heavy atom. The number of carboxylic acids is 4. The molecule has 12 heteroatoms. The first kappa shape index (κ1) is 89.3. The molecule has 0 aromatic rings. The molecule has 0 heterocycles. The molecule has 544 valence electrons. The van der Waals surface area contributed by atoms with E-state index in [2.05, 4.69) is 4.90 Å². The largest absolute Gasteiger partial charge is 0.481 e. The Bertz CT molecular complexity index is 1540. The highest BCUT2D eigenvalue weighted by molar-refractivity contribution is 5.75. The summed E-state index contributed by atoms with van der Waals surface area (Å²) in [6.45, 7) is 9.20. The first-order chi connectivity index (χ1) is 44.6. The van der Waals surface area contributed by atoms with Crippen LogP contribution in [0.2, 0.25) is 0 Å². The number of hydrogen-bond acceptors (Lipinski definition) is 8. The van der Waals surface area contributed by atoms with Gasteiger partial charge in [-0.15, -0.1) is 0 Å². The van der Waals surface area contributed by atoms with Gasteiger partial charge < -0.3 is 35.8 Å². The van der Waals surface area contributed by atoms with Crippen molar-refractivity contribution in [1.82, 2.24) is 4.90 Å². The number of nitrogens with zero attached hydrogens (tertiary/aromatic N) is 1. The summed E-state index contributed by atoms with van der Waals surface area (Å²) in [5, 5.41) is 35.6. The van der Waals surface area contributed by atoms with Gasteiger partial charge in [-0.05, 0) is 103 Å². The van der Waals surface area contributed by atoms with E-state index in [0.717, 1.165) is 83.6 Å². The minimum absolute atomic E-state index is 0.282. The molecule has 0 aromatic heterocycles. The molecule has 0 aliphatic heterocycles. The Balaban J connectivity index is 5.80. The number of ether oxygens (including phenoxy) is 1. The second-order valence-electron chi connectivity index (χ2n) is 29.9. The fraction of sp³-hybridized carbons (Fsp3) is 0.938. The van der Waals surface area contributed by atoms with Crippen molar-refractivity contribution < 1.29 is 49.1 Å². The van der Waals surface area contributed by atoms with E-state index in [-0.39, 0.29) is 5.97 Å². The van der Waals surface area contributed by atoms with Gasteiger partial charge in [-0.1, -0.05) is 327 Å². The lowest BCUT2D eigenvalue weighted by Crippen LogP contribution is -2.38. The highest BCUT2D eigenvalue weighted by Crippen LogP contribution is 2.27. The lowest BCUT2D eigenvalue weighted by molar-refractivity contribution is -0.156. The third-order valence-electron chi connectivity index (χ3n) is 19.5. The quantitative estimate of drug-likeness (QED) is 0.0285. The zero-order chi connectivity index (χ0) is 67.5. The van der Waals surface area contributed by atoms with Crippen molar-refractivity contribution in [1.29, 1.82) is 0 Å². The van der Waals surface area contributed by atoms with Crippen molar-refractivity contribution in [3.63, 3.8) is 0 Å². The predicted molar refractivity (Wildman–Crippen MR) is 388 cm³/mol. The van der Waals surface area contributed by atoms with Crippen molar-refractivity contribution in [2.45, 2.75) is 450 Å². The molecule has 3 atom stereocenters. The average Bonchev–Trinajstić information content (AvgIpc) is 2.17. The van der Waals surface area contributed by atoms with E-state index >= 15 is 0 Å². The van der Waals surface area contributed by atoms with E-state index in [0.29, 0.717) is 43.9 Å². The molecule has 0 saturated heterocycles. The maximum Gasteiger partial charge on any atom is 0.323 e. The molecule has 6 N–H and O–H groups in total. The molecule has 0 amide bonds. The molecule has 0 rings (SSSR count). The molecular weight excluding hydrogens is 1150 g/mol. The standard InChI is InChI=1S/C80H154N2O10/c1-80(2,3)92-79(91)74(81)64-58-59-69-82(70-72(62-52-44-36-28-20-12-8-16-24-32-40-48-56-67-77(87)88)60-50-42-34-26-18-10-4-6-14-22-30-38-46-54-65-75(83)84)71-73(63-53-45-37-29-21-13-9-17-25-33-41-49-57-68-78(89)90)61-51-43-35-27-19-11-5-7-15-23-31-39-47-55-66-76(85)86/h72-74H,4-71,81H2,1-3H3,(H,83,84)(H,85,86)(H,87,88)(H,89,90). The highest BCUT2D eigenvalue weighted by Gasteiger charge is 2.23. The van der Waals surface area contributed by atoms with Crippen LogP contribution >= 0.6 is 0 Å². The normalized spacial score (nSPS) is 12.8. The number of carboxylic acid groups (broad SMARTS) is 4. The molecule has 0 fully saturated rings. The van der Waals surface area contributed by atoms with E-state index in [1.54, 1.807) is 0 Å². The number of nitrogens with two attached hydrogens (primary N) is 1. The molecule has 0 aliphatic rings. The first-order valence-corrected chi connectivity index (χ1v) is 40.2. The molecule has 0 saturated carbocycles. The summed E-state index contributed by atoms with van der Waals surface area (Å²) in [6, 6.07) is -0.581. The fourth-order valence-corrected chi connectivity index (χ4v) is 13.8. The number of hydrogen-bond donors (Lipinski definition) is 5. The highest BCUT2D eigenvalue weighted by atomic mass is 16.6. The number of rotatable bonds is 76. The van der Waals surface area contributed by atoms with Crippen LogP contribution in [0.1, 0.15) is 438 Å². The van der Waals surface area contributed by atoms with Crippen LogP contribution < -0.4 is 5.73 Å². The van der Waals surface area contributed by atoms with Crippen LogP contribution in [0.5, 0.6) is 0 Å². The number of carbonyl (C=O) groups is 5. The molecular formula is C80H154N2O10. The molecule has 0 aromatic carbocycles. The van der Waals surface area contributed by atoms with Crippen LogP contribution in [-0.2, 0) is 28.7 Å². The number of unbranched alkanes of at least 4 members (excludes halogenated alkanes) is 51. The van der Waals surface area contributed by atoms with Crippen molar-refractivity contribution in [3.8, 4) is 0 Å². The SMILES string of the molecule is CC(C)(C)OC(=O)C(N)CCCCN(CC(CCCCCCCCCCCCCCCCC(=O)O)CCCCCCCCCCCCCCCC(=O)O)CC(CCCCCCCCCCCCCCCCC(=O)O)CCCCCCCCCCCCCCCC(=O)O. The van der Waals surface area contributed by atoms with Crippen molar-refractivity contribution in [3.05, 3.63) is 0 Å². The zero-order valence-electron chi connectivity index (χ0n) is 61.1. The molecule has 92 heavy (non-hydrogen) atoms. The van der Waals surface area contributed by atoms with Crippen molar-refractivity contribution >= 4 is 29.8 Å².